The molecule has 1 aromatic rings. The molecule has 0 aromatic carbocycles. The largest absolute Gasteiger partial charge is 0.495 e. The molecule has 0 fully saturated rings. The fraction of sp³-hybridized carbons (Fsp3) is 0.444. The van der Waals surface area contributed by atoms with Crippen LogP contribution < -0.4 is 10.5 Å². The van der Waals surface area contributed by atoms with Crippen molar-refractivity contribution in [3.05, 3.63) is 24.0 Å². The second kappa shape index (κ2) is 4.79. The predicted molar refractivity (Wildman–Crippen MR) is 49.6 cm³/mol. The second-order valence-corrected chi connectivity index (χ2v) is 2.80. The van der Waals surface area contributed by atoms with Crippen molar-refractivity contribution in [3.63, 3.8) is 0 Å². The van der Waals surface area contributed by atoms with E-state index in [0.29, 0.717) is 12.2 Å². The van der Waals surface area contributed by atoms with Crippen LogP contribution in [0.2, 0.25) is 0 Å². The normalized spacial score (nSPS) is 12.5. The van der Waals surface area contributed by atoms with Gasteiger partial charge in [-0.1, -0.05) is 0 Å². The molecule has 0 aliphatic rings. The molecule has 0 spiro atoms. The van der Waals surface area contributed by atoms with E-state index in [-0.39, 0.29) is 12.6 Å². The van der Waals surface area contributed by atoms with Gasteiger partial charge < -0.3 is 15.6 Å². The van der Waals surface area contributed by atoms with Crippen LogP contribution in [0, 0.1) is 0 Å². The summed E-state index contributed by atoms with van der Waals surface area (Å²) >= 11 is 0. The van der Waals surface area contributed by atoms with E-state index >= 15 is 0 Å². The number of methoxy groups -OCH3 is 1. The highest BCUT2D eigenvalue weighted by atomic mass is 16.5. The molecule has 1 heterocycles. The van der Waals surface area contributed by atoms with Crippen molar-refractivity contribution in [2.75, 3.05) is 13.7 Å². The summed E-state index contributed by atoms with van der Waals surface area (Å²) in [5, 5.41) is 8.77. The summed E-state index contributed by atoms with van der Waals surface area (Å²) in [5.74, 6) is 0.714. The Morgan fingerprint density at radius 2 is 2.46 bits per heavy atom. The number of nitrogens with two attached hydrogens (primary N) is 1. The van der Waals surface area contributed by atoms with E-state index in [1.807, 2.05) is 6.07 Å². The molecule has 0 aliphatic heterocycles. The predicted octanol–water partition coefficient (Wildman–Crippen LogP) is -0.0477. The summed E-state index contributed by atoms with van der Waals surface area (Å²) in [6.45, 7) is -0.0419. The van der Waals surface area contributed by atoms with Crippen LogP contribution in [-0.2, 0) is 6.42 Å². The van der Waals surface area contributed by atoms with E-state index in [9.17, 15) is 0 Å². The Kier molecular flexibility index (Phi) is 3.67. The van der Waals surface area contributed by atoms with Crippen molar-refractivity contribution in [2.45, 2.75) is 12.5 Å². The summed E-state index contributed by atoms with van der Waals surface area (Å²) in [5.41, 5.74) is 6.37. The molecule has 0 amide bonds. The summed E-state index contributed by atoms with van der Waals surface area (Å²) in [4.78, 5) is 4.12. The van der Waals surface area contributed by atoms with Crippen molar-refractivity contribution in [1.82, 2.24) is 4.98 Å². The van der Waals surface area contributed by atoms with Gasteiger partial charge in [-0.15, -0.1) is 0 Å². The molecule has 72 valence electrons. The van der Waals surface area contributed by atoms with Gasteiger partial charge in [0.05, 0.1) is 19.4 Å². The highest BCUT2D eigenvalue weighted by Gasteiger charge is 2.07. The zero-order valence-corrected chi connectivity index (χ0v) is 7.60. The van der Waals surface area contributed by atoms with Gasteiger partial charge in [0, 0.05) is 18.7 Å². The third-order valence-corrected chi connectivity index (χ3v) is 1.76. The molecule has 1 rings (SSSR count). The van der Waals surface area contributed by atoms with Crippen LogP contribution in [0.25, 0.3) is 0 Å². The van der Waals surface area contributed by atoms with Crippen LogP contribution in [0.15, 0.2) is 18.3 Å². The molecule has 4 nitrogen and oxygen atoms in total. The molecule has 0 saturated carbocycles. The Balaban J connectivity index is 2.74. The molecule has 0 radical (unpaired) electrons. The van der Waals surface area contributed by atoms with Crippen molar-refractivity contribution >= 4 is 0 Å². The molecule has 1 unspecified atom stereocenters. The maximum absolute atomic E-state index is 8.77. The van der Waals surface area contributed by atoms with E-state index in [4.69, 9.17) is 15.6 Å². The number of aliphatic hydroxyl groups is 1. The van der Waals surface area contributed by atoms with Crippen LogP contribution in [0.3, 0.4) is 0 Å². The number of hydrogen-bond donors (Lipinski definition) is 2. The number of hydrogen-bond acceptors (Lipinski definition) is 4. The van der Waals surface area contributed by atoms with Gasteiger partial charge in [-0.25, -0.2) is 0 Å². The number of nitrogens with zero attached hydrogens (tertiary/aromatic N) is 1. The lowest BCUT2D eigenvalue weighted by Crippen LogP contribution is -2.27. The Labute approximate surface area is 77.4 Å². The fourth-order valence-electron chi connectivity index (χ4n) is 1.08. The van der Waals surface area contributed by atoms with E-state index in [2.05, 4.69) is 4.98 Å². The monoisotopic (exact) mass is 182 g/mol. The lowest BCUT2D eigenvalue weighted by molar-refractivity contribution is 0.263. The average molecular weight is 182 g/mol. The van der Waals surface area contributed by atoms with Crippen LogP contribution in [0.1, 0.15) is 5.69 Å². The van der Waals surface area contributed by atoms with Crippen molar-refractivity contribution in [2.24, 2.45) is 5.73 Å². The average Bonchev–Trinajstić information content (AvgIpc) is 2.18. The number of pyridine rings is 1. The van der Waals surface area contributed by atoms with E-state index in [1.165, 1.54) is 0 Å². The van der Waals surface area contributed by atoms with Crippen LogP contribution in [0.5, 0.6) is 5.75 Å². The molecule has 0 aliphatic carbocycles. The molecular weight excluding hydrogens is 168 g/mol. The first kappa shape index (κ1) is 9.95. The van der Waals surface area contributed by atoms with Gasteiger partial charge in [-0.05, 0) is 12.1 Å². The lowest BCUT2D eigenvalue weighted by atomic mass is 10.1. The summed E-state index contributed by atoms with van der Waals surface area (Å²) in [6, 6.07) is 3.35. The number of aromatic nitrogens is 1. The topological polar surface area (TPSA) is 68.4 Å². The van der Waals surface area contributed by atoms with Gasteiger partial charge >= 0.3 is 0 Å². The standard InChI is InChI=1S/C9H14N2O2/c1-13-9-3-2-4-11-8(9)5-7(10)6-12/h2-4,7,12H,5-6,10H2,1H3. The smallest absolute Gasteiger partial charge is 0.140 e. The number of rotatable bonds is 4. The van der Waals surface area contributed by atoms with E-state index < -0.39 is 0 Å². The van der Waals surface area contributed by atoms with Crippen molar-refractivity contribution < 1.29 is 9.84 Å². The zero-order valence-electron chi connectivity index (χ0n) is 7.60. The van der Waals surface area contributed by atoms with Gasteiger partial charge in [-0.3, -0.25) is 4.98 Å². The maximum atomic E-state index is 8.77. The molecule has 0 bridgehead atoms. The minimum atomic E-state index is -0.274. The second-order valence-electron chi connectivity index (χ2n) is 2.80. The molecule has 13 heavy (non-hydrogen) atoms. The van der Waals surface area contributed by atoms with Gasteiger partial charge in [0.25, 0.3) is 0 Å². The highest BCUT2D eigenvalue weighted by molar-refractivity contribution is 5.27. The molecule has 4 heteroatoms. The summed E-state index contributed by atoms with van der Waals surface area (Å²) in [6.07, 6.45) is 2.21. The summed E-state index contributed by atoms with van der Waals surface area (Å²) < 4.78 is 5.09. The van der Waals surface area contributed by atoms with Gasteiger partial charge in [0.2, 0.25) is 0 Å². The third-order valence-electron chi connectivity index (χ3n) is 1.76. The van der Waals surface area contributed by atoms with E-state index in [1.54, 1.807) is 19.4 Å². The highest BCUT2D eigenvalue weighted by Crippen LogP contribution is 2.15. The molecule has 1 aromatic heterocycles. The Morgan fingerprint density at radius 1 is 1.69 bits per heavy atom. The summed E-state index contributed by atoms with van der Waals surface area (Å²) in [7, 11) is 1.59. The van der Waals surface area contributed by atoms with Gasteiger partial charge in [-0.2, -0.15) is 0 Å². The third kappa shape index (κ3) is 2.68. The van der Waals surface area contributed by atoms with Gasteiger partial charge in [0.15, 0.2) is 0 Å². The Hall–Kier alpha value is -1.13. The minimum absolute atomic E-state index is 0.0419. The zero-order chi connectivity index (χ0) is 9.68. The van der Waals surface area contributed by atoms with Gasteiger partial charge in [0.1, 0.15) is 5.75 Å². The first-order valence-corrected chi connectivity index (χ1v) is 4.12. The van der Waals surface area contributed by atoms with Crippen molar-refractivity contribution in [3.8, 4) is 5.75 Å². The lowest BCUT2D eigenvalue weighted by Gasteiger charge is -2.10. The van der Waals surface area contributed by atoms with Crippen LogP contribution in [-0.4, -0.2) is 29.8 Å². The molecule has 1 atom stereocenters. The van der Waals surface area contributed by atoms with Crippen LogP contribution in [0.4, 0.5) is 0 Å². The SMILES string of the molecule is COc1cccnc1CC(N)CO. The van der Waals surface area contributed by atoms with Crippen LogP contribution >= 0.6 is 0 Å². The van der Waals surface area contributed by atoms with E-state index in [0.717, 1.165) is 5.69 Å². The Morgan fingerprint density at radius 3 is 3.08 bits per heavy atom. The number of aliphatic hydroxyl groups excluding tert-OH is 1. The first-order valence-electron chi connectivity index (χ1n) is 4.12. The minimum Gasteiger partial charge on any atom is -0.495 e. The quantitative estimate of drug-likeness (QED) is 0.685. The molecular formula is C9H14N2O2. The first-order chi connectivity index (χ1) is 6.27. The number of ether oxygens (including phenoxy) is 1. The van der Waals surface area contributed by atoms with Crippen molar-refractivity contribution in [1.29, 1.82) is 0 Å². The molecule has 0 saturated heterocycles. The molecule has 3 N–H and O–H groups in total. The maximum Gasteiger partial charge on any atom is 0.140 e. The fourth-order valence-corrected chi connectivity index (χ4v) is 1.08. The Bertz CT molecular complexity index is 266.